The first-order valence-corrected chi connectivity index (χ1v) is 16.7. The molecule has 1 aliphatic rings. The van der Waals surface area contributed by atoms with Crippen molar-refractivity contribution in [1.29, 1.82) is 0 Å². The standard InChI is InChI=1S/C36H38FN3O4S/c1-27-12-8-9-15-29(27)25-39(34(24-28-13-4-2-5-14-28)36(42)38-31-16-10-11-17-31)35(41)26-40(32-18-6-3-7-19-32)45(43,44)33-22-20-30(37)21-23-33/h2-9,12-15,18-23,31,34H,10-11,16-17,24-26H2,1H3,(H,38,42). The maximum absolute atomic E-state index is 14.5. The van der Waals surface area contributed by atoms with Crippen LogP contribution in [-0.2, 0) is 32.6 Å². The highest BCUT2D eigenvalue weighted by Crippen LogP contribution is 2.26. The Labute approximate surface area is 264 Å². The molecule has 1 saturated carbocycles. The summed E-state index contributed by atoms with van der Waals surface area (Å²) < 4.78 is 42.8. The summed E-state index contributed by atoms with van der Waals surface area (Å²) in [5.74, 6) is -1.37. The van der Waals surface area contributed by atoms with Gasteiger partial charge in [0.25, 0.3) is 10.0 Å². The number of sulfonamides is 1. The van der Waals surface area contributed by atoms with Gasteiger partial charge in [0, 0.05) is 19.0 Å². The smallest absolute Gasteiger partial charge is 0.264 e. The van der Waals surface area contributed by atoms with Gasteiger partial charge < -0.3 is 10.2 Å². The van der Waals surface area contributed by atoms with E-state index in [4.69, 9.17) is 0 Å². The molecule has 0 aliphatic heterocycles. The van der Waals surface area contributed by atoms with Crippen molar-refractivity contribution >= 4 is 27.5 Å². The van der Waals surface area contributed by atoms with E-state index in [1.807, 2.05) is 61.5 Å². The maximum Gasteiger partial charge on any atom is 0.264 e. The van der Waals surface area contributed by atoms with E-state index in [0.717, 1.165) is 58.8 Å². The Morgan fingerprint density at radius 3 is 2.09 bits per heavy atom. The summed E-state index contributed by atoms with van der Waals surface area (Å²) >= 11 is 0. The van der Waals surface area contributed by atoms with Crippen molar-refractivity contribution in [2.24, 2.45) is 0 Å². The Morgan fingerprint density at radius 1 is 0.844 bits per heavy atom. The molecule has 0 radical (unpaired) electrons. The molecule has 45 heavy (non-hydrogen) atoms. The minimum absolute atomic E-state index is 0.0332. The molecule has 4 aromatic rings. The number of carbonyl (C=O) groups is 2. The summed E-state index contributed by atoms with van der Waals surface area (Å²) in [6.07, 6.45) is 4.09. The lowest BCUT2D eigenvalue weighted by Gasteiger charge is -2.34. The van der Waals surface area contributed by atoms with Crippen LogP contribution in [0.5, 0.6) is 0 Å². The van der Waals surface area contributed by atoms with Gasteiger partial charge in [-0.05, 0) is 72.9 Å². The average molecular weight is 628 g/mol. The zero-order chi connectivity index (χ0) is 31.8. The predicted octanol–water partition coefficient (Wildman–Crippen LogP) is 6.03. The fourth-order valence-electron chi connectivity index (χ4n) is 5.75. The van der Waals surface area contributed by atoms with Gasteiger partial charge in [-0.2, -0.15) is 0 Å². The number of para-hydroxylation sites is 1. The summed E-state index contributed by atoms with van der Waals surface area (Å²) in [6.45, 7) is 1.50. The number of carbonyl (C=O) groups excluding carboxylic acids is 2. The number of hydrogen-bond acceptors (Lipinski definition) is 4. The second kappa shape index (κ2) is 14.5. The van der Waals surface area contributed by atoms with E-state index in [2.05, 4.69) is 5.32 Å². The molecule has 1 aliphatic carbocycles. The quantitative estimate of drug-likeness (QED) is 0.208. The van der Waals surface area contributed by atoms with Crippen molar-refractivity contribution in [2.75, 3.05) is 10.8 Å². The second-order valence-electron chi connectivity index (χ2n) is 11.4. The fraction of sp³-hybridized carbons (Fsp3) is 0.278. The number of rotatable bonds is 12. The molecule has 1 fully saturated rings. The Bertz CT molecular complexity index is 1690. The molecule has 0 bridgehead atoms. The van der Waals surface area contributed by atoms with Gasteiger partial charge in [-0.15, -0.1) is 0 Å². The van der Waals surface area contributed by atoms with Crippen molar-refractivity contribution < 1.29 is 22.4 Å². The van der Waals surface area contributed by atoms with Gasteiger partial charge in [0.2, 0.25) is 11.8 Å². The fourth-order valence-corrected chi connectivity index (χ4v) is 7.16. The van der Waals surface area contributed by atoms with Crippen LogP contribution < -0.4 is 9.62 Å². The van der Waals surface area contributed by atoms with Gasteiger partial charge in [-0.3, -0.25) is 13.9 Å². The van der Waals surface area contributed by atoms with Crippen molar-refractivity contribution in [3.05, 3.63) is 132 Å². The highest BCUT2D eigenvalue weighted by atomic mass is 32.2. The maximum atomic E-state index is 14.5. The lowest BCUT2D eigenvalue weighted by Crippen LogP contribution is -2.54. The summed E-state index contributed by atoms with van der Waals surface area (Å²) in [4.78, 5) is 29.9. The molecule has 0 spiro atoms. The van der Waals surface area contributed by atoms with Gasteiger partial charge >= 0.3 is 0 Å². The first kappa shape index (κ1) is 31.9. The van der Waals surface area contributed by atoms with Crippen molar-refractivity contribution in [1.82, 2.24) is 10.2 Å². The van der Waals surface area contributed by atoms with Crippen molar-refractivity contribution in [3.63, 3.8) is 0 Å². The van der Waals surface area contributed by atoms with Gasteiger partial charge in [-0.25, -0.2) is 12.8 Å². The van der Waals surface area contributed by atoms with Crippen LogP contribution in [0.2, 0.25) is 0 Å². The van der Waals surface area contributed by atoms with E-state index >= 15 is 0 Å². The number of nitrogens with one attached hydrogen (secondary N) is 1. The van der Waals surface area contributed by atoms with Crippen LogP contribution in [0.4, 0.5) is 10.1 Å². The number of halogens is 1. The summed E-state index contributed by atoms with van der Waals surface area (Å²) in [7, 11) is -4.29. The number of nitrogens with zero attached hydrogens (tertiary/aromatic N) is 2. The average Bonchev–Trinajstić information content (AvgIpc) is 3.56. The normalized spacial score (nSPS) is 14.1. The van der Waals surface area contributed by atoms with Crippen LogP contribution >= 0.6 is 0 Å². The molecule has 2 amide bonds. The molecule has 0 saturated heterocycles. The van der Waals surface area contributed by atoms with Gasteiger partial charge in [0.1, 0.15) is 18.4 Å². The predicted molar refractivity (Wildman–Crippen MR) is 173 cm³/mol. The first-order valence-electron chi connectivity index (χ1n) is 15.2. The minimum Gasteiger partial charge on any atom is -0.352 e. The molecule has 0 heterocycles. The first-order chi connectivity index (χ1) is 21.7. The van der Waals surface area contributed by atoms with Crippen LogP contribution in [0.15, 0.2) is 114 Å². The second-order valence-corrected chi connectivity index (χ2v) is 13.3. The molecular formula is C36H38FN3O4S. The van der Waals surface area contributed by atoms with Crippen LogP contribution in [0, 0.1) is 12.7 Å². The summed E-state index contributed by atoms with van der Waals surface area (Å²) in [5.41, 5.74) is 2.96. The van der Waals surface area contributed by atoms with Gasteiger partial charge in [0.05, 0.1) is 10.6 Å². The van der Waals surface area contributed by atoms with E-state index in [1.54, 1.807) is 30.3 Å². The monoisotopic (exact) mass is 627 g/mol. The number of benzene rings is 4. The molecule has 1 N–H and O–H groups in total. The summed E-state index contributed by atoms with van der Waals surface area (Å²) in [6, 6.07) is 29.1. The van der Waals surface area contributed by atoms with Crippen molar-refractivity contribution in [3.8, 4) is 0 Å². The molecule has 4 aromatic carbocycles. The third-order valence-electron chi connectivity index (χ3n) is 8.30. The molecule has 5 rings (SSSR count). The Hall–Kier alpha value is -4.50. The highest BCUT2D eigenvalue weighted by molar-refractivity contribution is 7.92. The van der Waals surface area contributed by atoms with Gasteiger partial charge in [-0.1, -0.05) is 85.6 Å². The Kier molecular flexibility index (Phi) is 10.3. The van der Waals surface area contributed by atoms with Gasteiger partial charge in [0.15, 0.2) is 0 Å². The van der Waals surface area contributed by atoms with E-state index in [-0.39, 0.29) is 35.5 Å². The SMILES string of the molecule is Cc1ccccc1CN(C(=O)CN(c1ccccc1)S(=O)(=O)c1ccc(F)cc1)C(Cc1ccccc1)C(=O)NC1CCCC1. The van der Waals surface area contributed by atoms with Crippen LogP contribution in [0.1, 0.15) is 42.4 Å². The highest BCUT2D eigenvalue weighted by Gasteiger charge is 2.35. The topological polar surface area (TPSA) is 86.8 Å². The molecule has 7 nitrogen and oxygen atoms in total. The molecular weight excluding hydrogens is 589 g/mol. The zero-order valence-corrected chi connectivity index (χ0v) is 26.1. The number of anilines is 1. The van der Waals surface area contributed by atoms with E-state index < -0.39 is 34.3 Å². The number of hydrogen-bond donors (Lipinski definition) is 1. The zero-order valence-electron chi connectivity index (χ0n) is 25.3. The van der Waals surface area contributed by atoms with E-state index in [0.29, 0.717) is 0 Å². The molecule has 234 valence electrons. The van der Waals surface area contributed by atoms with Crippen LogP contribution in [0.25, 0.3) is 0 Å². The van der Waals surface area contributed by atoms with Crippen LogP contribution in [0.3, 0.4) is 0 Å². The molecule has 0 aromatic heterocycles. The molecule has 1 unspecified atom stereocenters. The molecule has 9 heteroatoms. The van der Waals surface area contributed by atoms with Crippen LogP contribution in [-0.4, -0.2) is 43.8 Å². The van der Waals surface area contributed by atoms with Crippen molar-refractivity contribution in [2.45, 2.75) is 62.6 Å². The Morgan fingerprint density at radius 2 is 1.44 bits per heavy atom. The largest absolute Gasteiger partial charge is 0.352 e. The summed E-state index contributed by atoms with van der Waals surface area (Å²) in [5, 5.41) is 3.18. The Balaban J connectivity index is 1.56. The minimum atomic E-state index is -4.29. The molecule has 1 atom stereocenters. The number of amides is 2. The lowest BCUT2D eigenvalue weighted by molar-refractivity contribution is -0.140. The van der Waals surface area contributed by atoms with E-state index in [9.17, 15) is 22.4 Å². The number of aryl methyl sites for hydroxylation is 1. The lowest BCUT2D eigenvalue weighted by atomic mass is 10.0. The third-order valence-corrected chi connectivity index (χ3v) is 10.1. The third kappa shape index (κ3) is 7.97. The van der Waals surface area contributed by atoms with E-state index in [1.165, 1.54) is 17.0 Å².